The number of carbonyl (C=O) groups is 1. The zero-order chi connectivity index (χ0) is 27.8. The zero-order valence-electron chi connectivity index (χ0n) is 23.7. The fourth-order valence-corrected chi connectivity index (χ4v) is 3.98. The van der Waals surface area contributed by atoms with Crippen molar-refractivity contribution in [2.45, 2.75) is 73.5 Å². The van der Waals surface area contributed by atoms with Gasteiger partial charge < -0.3 is 15.5 Å². The monoisotopic (exact) mass is 505 g/mol. The van der Waals surface area contributed by atoms with Gasteiger partial charge in [-0.25, -0.2) is 0 Å². The van der Waals surface area contributed by atoms with Crippen molar-refractivity contribution in [1.29, 1.82) is 0 Å². The Balaban J connectivity index is 2.63. The first kappa shape index (κ1) is 32.1. The average Bonchev–Trinajstić information content (AvgIpc) is 2.86. The molecule has 3 N–H and O–H groups in total. The molecule has 4 heteroatoms. The van der Waals surface area contributed by atoms with E-state index in [9.17, 15) is 9.90 Å². The van der Waals surface area contributed by atoms with Gasteiger partial charge in [0.05, 0.1) is 12.7 Å². The van der Waals surface area contributed by atoms with Crippen LogP contribution in [0.5, 0.6) is 0 Å². The van der Waals surface area contributed by atoms with E-state index in [2.05, 4.69) is 61.7 Å². The van der Waals surface area contributed by atoms with Crippen LogP contribution in [0, 0.1) is 11.8 Å². The maximum absolute atomic E-state index is 11.9. The third kappa shape index (κ3) is 13.8. The maximum Gasteiger partial charge on any atom is 0.247 e. The van der Waals surface area contributed by atoms with Crippen molar-refractivity contribution in [3.05, 3.63) is 107 Å². The fourth-order valence-electron chi connectivity index (χ4n) is 3.98. The van der Waals surface area contributed by atoms with E-state index in [4.69, 9.17) is 5.11 Å². The number of carbonyl (C=O) groups excluding carboxylic acids is 1. The van der Waals surface area contributed by atoms with Crippen molar-refractivity contribution in [3.63, 3.8) is 0 Å². The predicted octanol–water partition coefficient (Wildman–Crippen LogP) is 6.65. The average molecular weight is 506 g/mol. The molecule has 0 spiro atoms. The number of hydrogen-bond acceptors (Lipinski definition) is 3. The van der Waals surface area contributed by atoms with Crippen LogP contribution in [0.4, 0.5) is 0 Å². The molecular formula is C33H47NO3. The molecule has 4 atom stereocenters. The molecule has 1 amide bonds. The minimum absolute atomic E-state index is 0.0123. The second-order valence-corrected chi connectivity index (χ2v) is 10.2. The van der Waals surface area contributed by atoms with Crippen LogP contribution in [0.25, 0.3) is 0 Å². The summed E-state index contributed by atoms with van der Waals surface area (Å²) in [5, 5.41) is 22.6. The van der Waals surface area contributed by atoms with Gasteiger partial charge in [0.15, 0.2) is 0 Å². The molecule has 0 aliphatic carbocycles. The Morgan fingerprint density at radius 2 is 1.62 bits per heavy atom. The van der Waals surface area contributed by atoms with E-state index in [1.54, 1.807) is 19.9 Å². The molecule has 37 heavy (non-hydrogen) atoms. The van der Waals surface area contributed by atoms with Crippen LogP contribution < -0.4 is 5.32 Å². The van der Waals surface area contributed by atoms with Crippen molar-refractivity contribution in [2.75, 3.05) is 6.61 Å². The van der Waals surface area contributed by atoms with Gasteiger partial charge in [-0.15, -0.1) is 0 Å². The van der Waals surface area contributed by atoms with Crippen molar-refractivity contribution < 1.29 is 15.0 Å². The highest BCUT2D eigenvalue weighted by atomic mass is 16.3. The highest BCUT2D eigenvalue weighted by molar-refractivity contribution is 5.93. The van der Waals surface area contributed by atoms with Crippen molar-refractivity contribution in [3.8, 4) is 0 Å². The zero-order valence-corrected chi connectivity index (χ0v) is 23.7. The summed E-state index contributed by atoms with van der Waals surface area (Å²) in [6.45, 7) is 13.8. The van der Waals surface area contributed by atoms with Gasteiger partial charge in [0.25, 0.3) is 0 Å². The summed E-state index contributed by atoms with van der Waals surface area (Å²) in [5.41, 5.74) is 5.15. The van der Waals surface area contributed by atoms with E-state index in [1.165, 1.54) is 5.56 Å². The quantitative estimate of drug-likeness (QED) is 0.151. The van der Waals surface area contributed by atoms with E-state index in [1.807, 2.05) is 51.1 Å². The lowest BCUT2D eigenvalue weighted by Gasteiger charge is -2.19. The number of aliphatic hydroxyl groups is 2. The Labute approximate surface area is 224 Å². The summed E-state index contributed by atoms with van der Waals surface area (Å²) < 4.78 is 0. The van der Waals surface area contributed by atoms with Crippen LogP contribution in [0.2, 0.25) is 0 Å². The number of nitrogens with one attached hydrogen (secondary N) is 1. The van der Waals surface area contributed by atoms with Crippen LogP contribution in [0.15, 0.2) is 101 Å². The third-order valence-electron chi connectivity index (χ3n) is 6.16. The standard InChI is InChI=1S/C33H47NO3/c1-24(14-10-8-11-15-27(4)33(37)34-30(7)23-35)20-26(3)22-29(6)32(36)28(5)21-25(2)18-19-31-16-12-9-13-17-31/h8-17,20-22,25,29-30,32,35-36H,18-19,23H2,1-7H3,(H,34,37). The van der Waals surface area contributed by atoms with Crippen LogP contribution >= 0.6 is 0 Å². The number of benzene rings is 1. The lowest BCUT2D eigenvalue weighted by molar-refractivity contribution is -0.118. The van der Waals surface area contributed by atoms with E-state index >= 15 is 0 Å². The summed E-state index contributed by atoms with van der Waals surface area (Å²) in [7, 11) is 0. The third-order valence-corrected chi connectivity index (χ3v) is 6.16. The van der Waals surface area contributed by atoms with E-state index in [0.29, 0.717) is 11.5 Å². The lowest BCUT2D eigenvalue weighted by Crippen LogP contribution is -2.35. The summed E-state index contributed by atoms with van der Waals surface area (Å²) in [6.07, 6.45) is 17.4. The molecule has 0 saturated carbocycles. The predicted molar refractivity (Wildman–Crippen MR) is 157 cm³/mol. The van der Waals surface area contributed by atoms with Gasteiger partial charge >= 0.3 is 0 Å². The van der Waals surface area contributed by atoms with Gasteiger partial charge in [-0.1, -0.05) is 104 Å². The van der Waals surface area contributed by atoms with Gasteiger partial charge in [-0.3, -0.25) is 4.79 Å². The Bertz CT molecular complexity index is 1010. The molecule has 202 valence electrons. The minimum Gasteiger partial charge on any atom is -0.394 e. The van der Waals surface area contributed by atoms with Crippen LogP contribution in [-0.2, 0) is 11.2 Å². The number of amides is 1. The smallest absolute Gasteiger partial charge is 0.247 e. The van der Waals surface area contributed by atoms with Gasteiger partial charge in [0.1, 0.15) is 0 Å². The first-order valence-corrected chi connectivity index (χ1v) is 13.2. The number of hydrogen-bond donors (Lipinski definition) is 3. The van der Waals surface area contributed by atoms with Gasteiger partial charge in [0, 0.05) is 17.5 Å². The Morgan fingerprint density at radius 1 is 0.946 bits per heavy atom. The number of aryl methyl sites for hydroxylation is 1. The molecule has 0 aromatic heterocycles. The highest BCUT2D eigenvalue weighted by Crippen LogP contribution is 2.20. The molecule has 0 radical (unpaired) electrons. The molecule has 1 rings (SSSR count). The van der Waals surface area contributed by atoms with Crippen molar-refractivity contribution >= 4 is 5.91 Å². The first-order valence-electron chi connectivity index (χ1n) is 13.2. The molecule has 0 aliphatic rings. The molecule has 0 bridgehead atoms. The lowest BCUT2D eigenvalue weighted by atomic mass is 9.92. The number of aliphatic hydroxyl groups excluding tert-OH is 2. The van der Waals surface area contributed by atoms with Gasteiger partial charge in [-0.05, 0) is 64.5 Å². The van der Waals surface area contributed by atoms with Gasteiger partial charge in [0.2, 0.25) is 5.91 Å². The number of rotatable bonds is 14. The summed E-state index contributed by atoms with van der Waals surface area (Å²) in [4.78, 5) is 11.9. The fraction of sp³-hybridized carbons (Fsp3) is 0.424. The Kier molecular flexibility index (Phi) is 15.2. The van der Waals surface area contributed by atoms with Crippen molar-refractivity contribution in [1.82, 2.24) is 5.32 Å². The minimum atomic E-state index is -0.506. The highest BCUT2D eigenvalue weighted by Gasteiger charge is 2.15. The van der Waals surface area contributed by atoms with E-state index in [-0.39, 0.29) is 24.5 Å². The second kappa shape index (κ2) is 17.5. The normalized spacial score (nSPS) is 17.2. The molecule has 1 aromatic rings. The summed E-state index contributed by atoms with van der Waals surface area (Å²) in [5.74, 6) is 0.234. The van der Waals surface area contributed by atoms with Gasteiger partial charge in [-0.2, -0.15) is 0 Å². The van der Waals surface area contributed by atoms with E-state index in [0.717, 1.165) is 29.6 Å². The first-order chi connectivity index (χ1) is 17.5. The largest absolute Gasteiger partial charge is 0.394 e. The van der Waals surface area contributed by atoms with Crippen LogP contribution in [0.1, 0.15) is 60.5 Å². The maximum atomic E-state index is 11.9. The molecule has 0 aliphatic heterocycles. The van der Waals surface area contributed by atoms with Crippen LogP contribution in [0.3, 0.4) is 0 Å². The second-order valence-electron chi connectivity index (χ2n) is 10.2. The topological polar surface area (TPSA) is 69.6 Å². The van der Waals surface area contributed by atoms with Crippen LogP contribution in [-0.4, -0.2) is 34.9 Å². The molecule has 1 aromatic carbocycles. The molecule has 4 nitrogen and oxygen atoms in total. The number of allylic oxidation sites excluding steroid dienone is 9. The van der Waals surface area contributed by atoms with E-state index < -0.39 is 6.10 Å². The molecule has 4 unspecified atom stereocenters. The molecular weight excluding hydrogens is 458 g/mol. The molecule has 0 heterocycles. The Hall–Kier alpha value is -2.95. The SMILES string of the molecule is CC(C=CC=CC=C(C)C(=O)NC(C)CO)=CC(C)=CC(C)C(O)C(C)=CC(C)CCc1ccccc1. The summed E-state index contributed by atoms with van der Waals surface area (Å²) >= 11 is 0. The molecule has 0 fully saturated rings. The summed E-state index contributed by atoms with van der Waals surface area (Å²) in [6, 6.07) is 10.3. The Morgan fingerprint density at radius 3 is 2.27 bits per heavy atom. The van der Waals surface area contributed by atoms with Crippen molar-refractivity contribution in [2.24, 2.45) is 11.8 Å². The molecule has 0 saturated heterocycles.